The van der Waals surface area contributed by atoms with Gasteiger partial charge in [-0.2, -0.15) is 0 Å². The largest absolute Gasteiger partial charge is 0.456 e. The highest BCUT2D eigenvalue weighted by molar-refractivity contribution is 7.25. The van der Waals surface area contributed by atoms with E-state index in [1.807, 2.05) is 23.5 Å². The molecule has 4 aromatic heterocycles. The minimum Gasteiger partial charge on any atom is -0.456 e. The Labute approximate surface area is 336 Å². The van der Waals surface area contributed by atoms with E-state index in [-0.39, 0.29) is 0 Å². The van der Waals surface area contributed by atoms with E-state index in [0.29, 0.717) is 0 Å². The van der Waals surface area contributed by atoms with Crippen LogP contribution in [-0.4, -0.2) is 9.13 Å². The summed E-state index contributed by atoms with van der Waals surface area (Å²) in [6.45, 7) is 0. The molecule has 58 heavy (non-hydrogen) atoms. The lowest BCUT2D eigenvalue weighted by atomic mass is 9.99. The number of benzene rings is 9. The highest BCUT2D eigenvalue weighted by Gasteiger charge is 2.18. The molecule has 0 aliphatic carbocycles. The quantitative estimate of drug-likeness (QED) is 0.175. The van der Waals surface area contributed by atoms with Gasteiger partial charge in [-0.15, -0.1) is 11.3 Å². The van der Waals surface area contributed by atoms with Crippen molar-refractivity contribution in [3.05, 3.63) is 194 Å². The minimum absolute atomic E-state index is 0.907. The molecule has 0 amide bonds. The van der Waals surface area contributed by atoms with Gasteiger partial charge in [0, 0.05) is 63.9 Å². The maximum absolute atomic E-state index is 6.26. The second kappa shape index (κ2) is 12.1. The molecule has 0 unspecified atom stereocenters. The number of hydrogen-bond donors (Lipinski definition) is 0. The van der Waals surface area contributed by atoms with Crippen molar-refractivity contribution >= 4 is 97.1 Å². The molecular formula is C54H32N2OS. The Balaban J connectivity index is 0.957. The molecule has 3 nitrogen and oxygen atoms in total. The fourth-order valence-corrected chi connectivity index (χ4v) is 10.6. The third kappa shape index (κ3) is 4.55. The third-order valence-corrected chi connectivity index (χ3v) is 13.3. The summed E-state index contributed by atoms with van der Waals surface area (Å²) in [5.74, 6) is 0. The topological polar surface area (TPSA) is 23.0 Å². The van der Waals surface area contributed by atoms with E-state index in [9.17, 15) is 0 Å². The maximum Gasteiger partial charge on any atom is 0.136 e. The molecular weight excluding hydrogens is 725 g/mol. The number of fused-ring (bicyclic) bond motifs is 12. The van der Waals surface area contributed by atoms with Gasteiger partial charge in [-0.25, -0.2) is 0 Å². The Morgan fingerprint density at radius 1 is 0.328 bits per heavy atom. The Bertz CT molecular complexity index is 3820. The van der Waals surface area contributed by atoms with Gasteiger partial charge >= 0.3 is 0 Å². The van der Waals surface area contributed by atoms with Gasteiger partial charge < -0.3 is 13.6 Å². The van der Waals surface area contributed by atoms with Crippen LogP contribution in [0.1, 0.15) is 0 Å². The zero-order valence-electron chi connectivity index (χ0n) is 31.2. The van der Waals surface area contributed by atoms with Crippen LogP contribution in [0, 0.1) is 0 Å². The predicted octanol–water partition coefficient (Wildman–Crippen LogP) is 15.5. The van der Waals surface area contributed by atoms with Crippen LogP contribution in [0.5, 0.6) is 0 Å². The third-order valence-electron chi connectivity index (χ3n) is 12.1. The van der Waals surface area contributed by atoms with Gasteiger partial charge in [0.15, 0.2) is 0 Å². The molecule has 0 radical (unpaired) electrons. The van der Waals surface area contributed by atoms with E-state index in [2.05, 4.69) is 191 Å². The Kier molecular flexibility index (Phi) is 6.60. The van der Waals surface area contributed by atoms with Gasteiger partial charge in [0.1, 0.15) is 11.2 Å². The smallest absolute Gasteiger partial charge is 0.136 e. The van der Waals surface area contributed by atoms with E-state index in [0.717, 1.165) is 33.2 Å². The van der Waals surface area contributed by atoms with Gasteiger partial charge in [0.2, 0.25) is 0 Å². The van der Waals surface area contributed by atoms with E-state index in [4.69, 9.17) is 4.42 Å². The highest BCUT2D eigenvalue weighted by Crippen LogP contribution is 2.42. The summed E-state index contributed by atoms with van der Waals surface area (Å²) in [5, 5.41) is 9.90. The zero-order valence-corrected chi connectivity index (χ0v) is 32.0. The van der Waals surface area contributed by atoms with Crippen molar-refractivity contribution in [1.29, 1.82) is 0 Å². The first-order valence-electron chi connectivity index (χ1n) is 19.7. The molecule has 0 saturated heterocycles. The van der Waals surface area contributed by atoms with Crippen molar-refractivity contribution in [3.63, 3.8) is 0 Å². The molecule has 9 aromatic carbocycles. The summed E-state index contributed by atoms with van der Waals surface area (Å²) >= 11 is 1.86. The normalized spacial score (nSPS) is 12.1. The first-order chi connectivity index (χ1) is 28.7. The van der Waals surface area contributed by atoms with E-state index >= 15 is 0 Å². The van der Waals surface area contributed by atoms with Crippen molar-refractivity contribution in [1.82, 2.24) is 9.13 Å². The second-order valence-corrected chi connectivity index (χ2v) is 16.4. The van der Waals surface area contributed by atoms with Crippen molar-refractivity contribution in [2.45, 2.75) is 0 Å². The van der Waals surface area contributed by atoms with Gasteiger partial charge in [-0.1, -0.05) is 109 Å². The summed E-state index contributed by atoms with van der Waals surface area (Å²) in [5.41, 5.74) is 13.7. The summed E-state index contributed by atoms with van der Waals surface area (Å²) in [6, 6.07) is 70.8. The number of hydrogen-bond acceptors (Lipinski definition) is 2. The second-order valence-electron chi connectivity index (χ2n) is 15.3. The number of aromatic nitrogens is 2. The molecule has 4 heteroatoms. The van der Waals surface area contributed by atoms with Crippen LogP contribution in [0.15, 0.2) is 199 Å². The van der Waals surface area contributed by atoms with Crippen molar-refractivity contribution in [3.8, 4) is 33.6 Å². The average Bonchev–Trinajstić information content (AvgIpc) is 4.03. The molecule has 0 atom stereocenters. The van der Waals surface area contributed by atoms with Crippen molar-refractivity contribution in [2.75, 3.05) is 0 Å². The van der Waals surface area contributed by atoms with E-state index in [1.165, 1.54) is 86.2 Å². The molecule has 0 aliphatic rings. The summed E-state index contributed by atoms with van der Waals surface area (Å²) in [6.07, 6.45) is 0. The lowest BCUT2D eigenvalue weighted by molar-refractivity contribution is 0.669. The standard InChI is InChI=1S/C54H32N2OS/c1-5-18-46-39(13-1)43-30-33(23-26-48(43)55(46)36-12-9-11-35(29-36)38-17-10-21-51-54(38)42-16-3-7-20-50(42)57-51)34-24-27-49-44(31-34)40-14-2-6-19-47(40)56(49)37-25-28-53-45(32-37)41-15-4-8-22-52(41)58-53/h1-32H. The molecule has 13 rings (SSSR count). The van der Waals surface area contributed by atoms with E-state index < -0.39 is 0 Å². The maximum atomic E-state index is 6.26. The van der Waals surface area contributed by atoms with Gasteiger partial charge in [0.05, 0.1) is 22.1 Å². The molecule has 0 N–H and O–H groups in total. The SMILES string of the molecule is c1cc(-c2cccc3oc4ccccc4c23)cc(-n2c3ccccc3c3cc(-c4ccc5c(c4)c4ccccc4n5-c4ccc5sc6ccccc6c5c4)ccc32)c1. The molecule has 0 fully saturated rings. The molecule has 0 spiro atoms. The molecule has 13 aromatic rings. The highest BCUT2D eigenvalue weighted by atomic mass is 32.1. The van der Waals surface area contributed by atoms with Crippen LogP contribution in [0.25, 0.3) is 119 Å². The molecule has 0 bridgehead atoms. The number of rotatable bonds is 4. The number of furan rings is 1. The average molecular weight is 757 g/mol. The van der Waals surface area contributed by atoms with E-state index in [1.54, 1.807) is 0 Å². The van der Waals surface area contributed by atoms with Crippen LogP contribution in [-0.2, 0) is 0 Å². The summed E-state index contributed by atoms with van der Waals surface area (Å²) < 4.78 is 13.8. The van der Waals surface area contributed by atoms with Crippen LogP contribution in [0.4, 0.5) is 0 Å². The summed E-state index contributed by atoms with van der Waals surface area (Å²) in [4.78, 5) is 0. The fraction of sp³-hybridized carbons (Fsp3) is 0. The number of thiophene rings is 1. The van der Waals surface area contributed by atoms with Crippen LogP contribution in [0.2, 0.25) is 0 Å². The zero-order chi connectivity index (χ0) is 37.9. The monoisotopic (exact) mass is 756 g/mol. The molecule has 270 valence electrons. The molecule has 4 heterocycles. The number of para-hydroxylation sites is 3. The molecule has 0 saturated carbocycles. The van der Waals surface area contributed by atoms with Crippen molar-refractivity contribution in [2.24, 2.45) is 0 Å². The lowest BCUT2D eigenvalue weighted by Gasteiger charge is -2.11. The Morgan fingerprint density at radius 2 is 0.897 bits per heavy atom. The first kappa shape index (κ1) is 31.8. The molecule has 0 aliphatic heterocycles. The van der Waals surface area contributed by atoms with Gasteiger partial charge in [0.25, 0.3) is 0 Å². The van der Waals surface area contributed by atoms with Crippen LogP contribution < -0.4 is 0 Å². The van der Waals surface area contributed by atoms with Crippen LogP contribution in [0.3, 0.4) is 0 Å². The first-order valence-corrected chi connectivity index (χ1v) is 20.6. The predicted molar refractivity (Wildman–Crippen MR) is 246 cm³/mol. The summed E-state index contributed by atoms with van der Waals surface area (Å²) in [7, 11) is 0. The Hall–Kier alpha value is -7.40. The minimum atomic E-state index is 0.907. The van der Waals surface area contributed by atoms with Gasteiger partial charge in [-0.05, 0) is 107 Å². The van der Waals surface area contributed by atoms with Crippen LogP contribution >= 0.6 is 11.3 Å². The van der Waals surface area contributed by atoms with Crippen molar-refractivity contribution < 1.29 is 4.42 Å². The van der Waals surface area contributed by atoms with Gasteiger partial charge in [-0.3, -0.25) is 0 Å². The lowest BCUT2D eigenvalue weighted by Crippen LogP contribution is -1.94. The Morgan fingerprint density at radius 3 is 1.64 bits per heavy atom. The fourth-order valence-electron chi connectivity index (χ4n) is 9.54. The number of nitrogens with zero attached hydrogens (tertiary/aromatic N) is 2.